The van der Waals surface area contributed by atoms with Gasteiger partial charge in [0.25, 0.3) is 5.56 Å². The van der Waals surface area contributed by atoms with E-state index in [4.69, 9.17) is 10.00 Å². The maximum absolute atomic E-state index is 12.4. The molecule has 29 heavy (non-hydrogen) atoms. The van der Waals surface area contributed by atoms with Crippen LogP contribution in [0, 0.1) is 25.2 Å². The molecule has 3 rings (SSSR count). The number of pyridine rings is 1. The summed E-state index contributed by atoms with van der Waals surface area (Å²) in [5, 5.41) is 12.0. The molecule has 0 fully saturated rings. The third-order valence-corrected chi connectivity index (χ3v) is 4.62. The van der Waals surface area contributed by atoms with Gasteiger partial charge in [-0.25, -0.2) is 0 Å². The van der Waals surface area contributed by atoms with E-state index in [-0.39, 0.29) is 17.9 Å². The van der Waals surface area contributed by atoms with Crippen LogP contribution in [-0.4, -0.2) is 10.9 Å². The Morgan fingerprint density at radius 1 is 1.10 bits per heavy atom. The molecule has 146 valence electrons. The van der Waals surface area contributed by atoms with Crippen molar-refractivity contribution in [3.05, 3.63) is 87.3 Å². The number of nitrogens with zero attached hydrogens (tertiary/aromatic N) is 1. The molecule has 0 unspecified atom stereocenters. The van der Waals surface area contributed by atoms with Gasteiger partial charge in [0.05, 0.1) is 0 Å². The number of carbonyl (C=O) groups is 1. The number of hydrogen-bond acceptors (Lipinski definition) is 4. The van der Waals surface area contributed by atoms with Gasteiger partial charge < -0.3 is 15.0 Å². The van der Waals surface area contributed by atoms with Gasteiger partial charge in [-0.2, -0.15) is 5.26 Å². The molecule has 2 aromatic carbocycles. The highest BCUT2D eigenvalue weighted by Crippen LogP contribution is 2.24. The molecule has 0 radical (unpaired) electrons. The van der Waals surface area contributed by atoms with Crippen molar-refractivity contribution in [3.63, 3.8) is 0 Å². The Labute approximate surface area is 168 Å². The van der Waals surface area contributed by atoms with Crippen molar-refractivity contribution in [2.24, 2.45) is 0 Å². The van der Waals surface area contributed by atoms with Crippen LogP contribution in [-0.2, 0) is 11.2 Å². The van der Waals surface area contributed by atoms with Gasteiger partial charge in [0.1, 0.15) is 23.1 Å². The topological polar surface area (TPSA) is 95.0 Å². The smallest absolute Gasteiger partial charge is 0.266 e. The molecular formula is C23H21N3O3. The molecular weight excluding hydrogens is 366 g/mol. The van der Waals surface area contributed by atoms with Crippen LogP contribution in [0.1, 0.15) is 28.8 Å². The van der Waals surface area contributed by atoms with Crippen LogP contribution < -0.4 is 15.6 Å². The molecule has 1 aromatic heterocycles. The summed E-state index contributed by atoms with van der Waals surface area (Å²) in [6.45, 7) is 3.51. The van der Waals surface area contributed by atoms with Gasteiger partial charge in [-0.3, -0.25) is 9.59 Å². The van der Waals surface area contributed by atoms with Crippen molar-refractivity contribution < 1.29 is 9.53 Å². The van der Waals surface area contributed by atoms with Crippen LogP contribution in [0.5, 0.6) is 11.5 Å². The molecule has 0 bridgehead atoms. The van der Waals surface area contributed by atoms with E-state index in [0.717, 1.165) is 5.56 Å². The minimum Gasteiger partial charge on any atom is -0.457 e. The lowest BCUT2D eigenvalue weighted by Gasteiger charge is -2.12. The summed E-state index contributed by atoms with van der Waals surface area (Å²) >= 11 is 0. The summed E-state index contributed by atoms with van der Waals surface area (Å²) in [6, 6.07) is 18.5. The standard InChI is InChI=1S/C23H21N3O3/c1-15-20(16(2)25-23(28)21(15)14-24)11-12-22(27)26-17-7-6-10-19(13-17)29-18-8-4-3-5-9-18/h3-10,13H,11-12H2,1-2H3,(H,25,28)(H,26,27). The first-order chi connectivity index (χ1) is 14.0. The largest absolute Gasteiger partial charge is 0.457 e. The van der Waals surface area contributed by atoms with Crippen LogP contribution >= 0.6 is 0 Å². The van der Waals surface area contributed by atoms with Crippen molar-refractivity contribution >= 4 is 11.6 Å². The molecule has 1 heterocycles. The highest BCUT2D eigenvalue weighted by atomic mass is 16.5. The molecule has 0 spiro atoms. The lowest BCUT2D eigenvalue weighted by molar-refractivity contribution is -0.116. The number of aromatic nitrogens is 1. The quantitative estimate of drug-likeness (QED) is 0.662. The fourth-order valence-corrected chi connectivity index (χ4v) is 3.14. The van der Waals surface area contributed by atoms with Crippen LogP contribution in [0.3, 0.4) is 0 Å². The van der Waals surface area contributed by atoms with Gasteiger partial charge in [-0.05, 0) is 55.7 Å². The van der Waals surface area contributed by atoms with E-state index < -0.39 is 5.56 Å². The number of rotatable bonds is 6. The number of aryl methyl sites for hydroxylation is 1. The molecule has 0 saturated heterocycles. The maximum Gasteiger partial charge on any atom is 0.266 e. The zero-order chi connectivity index (χ0) is 20.8. The molecule has 0 aliphatic rings. The molecule has 1 amide bonds. The summed E-state index contributed by atoms with van der Waals surface area (Å²) < 4.78 is 5.78. The van der Waals surface area contributed by atoms with Gasteiger partial charge in [0.2, 0.25) is 5.91 Å². The number of aromatic amines is 1. The predicted octanol–water partition coefficient (Wildman–Crippen LogP) is 4.23. The van der Waals surface area contributed by atoms with E-state index in [1.807, 2.05) is 48.5 Å². The monoisotopic (exact) mass is 387 g/mol. The highest BCUT2D eigenvalue weighted by molar-refractivity contribution is 5.91. The highest BCUT2D eigenvalue weighted by Gasteiger charge is 2.13. The lowest BCUT2D eigenvalue weighted by Crippen LogP contribution is -2.18. The van der Waals surface area contributed by atoms with Gasteiger partial charge >= 0.3 is 0 Å². The zero-order valence-electron chi connectivity index (χ0n) is 16.3. The number of amides is 1. The van der Waals surface area contributed by atoms with Crippen LogP contribution in [0.4, 0.5) is 5.69 Å². The van der Waals surface area contributed by atoms with E-state index in [9.17, 15) is 9.59 Å². The second kappa shape index (κ2) is 8.89. The van der Waals surface area contributed by atoms with Crippen LogP contribution in [0.25, 0.3) is 0 Å². The Morgan fingerprint density at radius 3 is 2.55 bits per heavy atom. The zero-order valence-corrected chi connectivity index (χ0v) is 16.3. The first-order valence-electron chi connectivity index (χ1n) is 9.23. The van der Waals surface area contributed by atoms with Crippen molar-refractivity contribution in [1.29, 1.82) is 5.26 Å². The molecule has 0 saturated carbocycles. The predicted molar refractivity (Wildman–Crippen MR) is 111 cm³/mol. The van der Waals surface area contributed by atoms with E-state index in [2.05, 4.69) is 10.3 Å². The molecule has 0 aliphatic carbocycles. The lowest BCUT2D eigenvalue weighted by atomic mass is 9.99. The summed E-state index contributed by atoms with van der Waals surface area (Å²) in [4.78, 5) is 26.9. The molecule has 3 aromatic rings. The Balaban J connectivity index is 1.66. The second-order valence-electron chi connectivity index (χ2n) is 6.66. The number of benzene rings is 2. The minimum absolute atomic E-state index is 0.0942. The average molecular weight is 387 g/mol. The fourth-order valence-electron chi connectivity index (χ4n) is 3.14. The third-order valence-electron chi connectivity index (χ3n) is 4.62. The normalized spacial score (nSPS) is 10.2. The van der Waals surface area contributed by atoms with Gasteiger partial charge in [-0.15, -0.1) is 0 Å². The van der Waals surface area contributed by atoms with E-state index in [1.165, 1.54) is 0 Å². The van der Waals surface area contributed by atoms with E-state index in [1.54, 1.807) is 26.0 Å². The molecule has 6 nitrogen and oxygen atoms in total. The molecule has 2 N–H and O–H groups in total. The molecule has 0 atom stereocenters. The van der Waals surface area contributed by atoms with E-state index >= 15 is 0 Å². The summed E-state index contributed by atoms with van der Waals surface area (Å²) in [6.07, 6.45) is 0.650. The number of ether oxygens (including phenoxy) is 1. The maximum atomic E-state index is 12.4. The number of carbonyl (C=O) groups excluding carboxylic acids is 1. The number of anilines is 1. The number of nitriles is 1. The van der Waals surface area contributed by atoms with Gasteiger partial charge in [-0.1, -0.05) is 24.3 Å². The summed E-state index contributed by atoms with van der Waals surface area (Å²) in [5.41, 5.74) is 2.45. The molecule has 0 aliphatic heterocycles. The summed E-state index contributed by atoms with van der Waals surface area (Å²) in [7, 11) is 0. The van der Waals surface area contributed by atoms with Gasteiger partial charge in [0, 0.05) is 23.9 Å². The first-order valence-corrected chi connectivity index (χ1v) is 9.23. The Bertz CT molecular complexity index is 1130. The van der Waals surface area contributed by atoms with Crippen molar-refractivity contribution in [3.8, 4) is 17.6 Å². The fraction of sp³-hybridized carbons (Fsp3) is 0.174. The van der Waals surface area contributed by atoms with Crippen molar-refractivity contribution in [2.45, 2.75) is 26.7 Å². The number of para-hydroxylation sites is 1. The molecule has 6 heteroatoms. The number of nitrogens with one attached hydrogen (secondary N) is 2. The van der Waals surface area contributed by atoms with Crippen LogP contribution in [0.15, 0.2) is 59.4 Å². The summed E-state index contributed by atoms with van der Waals surface area (Å²) in [5.74, 6) is 1.18. The second-order valence-corrected chi connectivity index (χ2v) is 6.66. The SMILES string of the molecule is Cc1[nH]c(=O)c(C#N)c(C)c1CCC(=O)Nc1cccc(Oc2ccccc2)c1. The number of hydrogen-bond donors (Lipinski definition) is 2. The average Bonchev–Trinajstić information content (AvgIpc) is 2.69. The van der Waals surface area contributed by atoms with Crippen molar-refractivity contribution in [1.82, 2.24) is 4.98 Å². The Hall–Kier alpha value is -3.85. The first kappa shape index (κ1) is 19.9. The van der Waals surface area contributed by atoms with E-state index in [0.29, 0.717) is 34.9 Å². The Morgan fingerprint density at radius 2 is 1.83 bits per heavy atom. The third kappa shape index (κ3) is 4.90. The Kier molecular flexibility index (Phi) is 6.10. The minimum atomic E-state index is -0.397. The van der Waals surface area contributed by atoms with Gasteiger partial charge in [0.15, 0.2) is 0 Å². The number of H-pyrrole nitrogens is 1. The van der Waals surface area contributed by atoms with Crippen molar-refractivity contribution in [2.75, 3.05) is 5.32 Å². The van der Waals surface area contributed by atoms with Crippen LogP contribution in [0.2, 0.25) is 0 Å².